The summed E-state index contributed by atoms with van der Waals surface area (Å²) in [6.07, 6.45) is 0. The minimum atomic E-state index is -0.343. The molecule has 2 rings (SSSR count). The van der Waals surface area contributed by atoms with E-state index in [-0.39, 0.29) is 18.3 Å². The Balaban J connectivity index is 1.99. The van der Waals surface area contributed by atoms with Gasteiger partial charge in [0.25, 0.3) is 5.91 Å². The first-order valence-electron chi connectivity index (χ1n) is 7.66. The molecule has 0 aliphatic carbocycles. The van der Waals surface area contributed by atoms with E-state index in [1.807, 2.05) is 19.1 Å². The Morgan fingerprint density at radius 1 is 1.13 bits per heavy atom. The molecule has 2 aromatic carbocycles. The van der Waals surface area contributed by atoms with E-state index in [0.29, 0.717) is 22.9 Å². The predicted octanol–water partition coefficient (Wildman–Crippen LogP) is 4.58. The molecule has 4 heteroatoms. The van der Waals surface area contributed by atoms with Gasteiger partial charge in [0, 0.05) is 5.69 Å². The van der Waals surface area contributed by atoms with E-state index < -0.39 is 0 Å². The Morgan fingerprint density at radius 3 is 2.48 bits per heavy atom. The number of halogens is 1. The molecule has 1 amide bonds. The first-order valence-corrected chi connectivity index (χ1v) is 7.66. The van der Waals surface area contributed by atoms with Crippen LogP contribution in [0.3, 0.4) is 0 Å². The van der Waals surface area contributed by atoms with E-state index in [0.717, 1.165) is 11.1 Å². The molecule has 3 nitrogen and oxygen atoms in total. The fourth-order valence-corrected chi connectivity index (χ4v) is 2.14. The standard InChI is InChI=1S/C19H22FNO2/c1-12(2)15-7-5-14(4)18(9-15)23-11-19(22)21-16-8-6-13(3)17(20)10-16/h5-10,12H,11H2,1-4H3,(H,21,22). The Kier molecular flexibility index (Phi) is 5.37. The average Bonchev–Trinajstić information content (AvgIpc) is 2.50. The first kappa shape index (κ1) is 17.0. The van der Waals surface area contributed by atoms with Crippen molar-refractivity contribution in [3.63, 3.8) is 0 Å². The van der Waals surface area contributed by atoms with Gasteiger partial charge in [0.15, 0.2) is 6.61 Å². The summed E-state index contributed by atoms with van der Waals surface area (Å²) in [7, 11) is 0. The van der Waals surface area contributed by atoms with Gasteiger partial charge in [-0.05, 0) is 54.7 Å². The van der Waals surface area contributed by atoms with Crippen LogP contribution in [0.25, 0.3) is 0 Å². The summed E-state index contributed by atoms with van der Waals surface area (Å²) >= 11 is 0. The van der Waals surface area contributed by atoms with Gasteiger partial charge >= 0.3 is 0 Å². The molecule has 0 unspecified atom stereocenters. The highest BCUT2D eigenvalue weighted by molar-refractivity contribution is 5.91. The average molecular weight is 315 g/mol. The van der Waals surface area contributed by atoms with Gasteiger partial charge in [0.2, 0.25) is 0 Å². The molecule has 0 spiro atoms. The lowest BCUT2D eigenvalue weighted by atomic mass is 10.0. The highest BCUT2D eigenvalue weighted by Crippen LogP contribution is 2.24. The molecule has 2 aromatic rings. The smallest absolute Gasteiger partial charge is 0.262 e. The third-order valence-electron chi connectivity index (χ3n) is 3.69. The van der Waals surface area contributed by atoms with Gasteiger partial charge in [0.05, 0.1) is 0 Å². The SMILES string of the molecule is Cc1ccc(NC(=O)COc2cc(C(C)C)ccc2C)cc1F. The summed E-state index contributed by atoms with van der Waals surface area (Å²) in [6, 6.07) is 10.6. The van der Waals surface area contributed by atoms with Crippen LogP contribution >= 0.6 is 0 Å². The van der Waals surface area contributed by atoms with Crippen molar-refractivity contribution in [2.24, 2.45) is 0 Å². The van der Waals surface area contributed by atoms with E-state index in [4.69, 9.17) is 4.74 Å². The van der Waals surface area contributed by atoms with Crippen molar-refractivity contribution in [3.8, 4) is 5.75 Å². The van der Waals surface area contributed by atoms with Gasteiger partial charge in [-0.15, -0.1) is 0 Å². The van der Waals surface area contributed by atoms with E-state index in [1.54, 1.807) is 19.1 Å². The Hall–Kier alpha value is -2.36. The number of carbonyl (C=O) groups is 1. The summed E-state index contributed by atoms with van der Waals surface area (Å²) in [6.45, 7) is 7.71. The Labute approximate surface area is 136 Å². The number of benzene rings is 2. The molecule has 0 aliphatic rings. The molecule has 0 saturated carbocycles. The fourth-order valence-electron chi connectivity index (χ4n) is 2.14. The maximum Gasteiger partial charge on any atom is 0.262 e. The third-order valence-corrected chi connectivity index (χ3v) is 3.69. The maximum atomic E-state index is 13.5. The molecule has 1 N–H and O–H groups in total. The number of aryl methyl sites for hydroxylation is 2. The Bertz CT molecular complexity index is 711. The van der Waals surface area contributed by atoms with Crippen LogP contribution in [0.15, 0.2) is 36.4 Å². The molecule has 0 bridgehead atoms. The van der Waals surface area contributed by atoms with Crippen molar-refractivity contribution < 1.29 is 13.9 Å². The van der Waals surface area contributed by atoms with E-state index in [1.165, 1.54) is 6.07 Å². The summed E-state index contributed by atoms with van der Waals surface area (Å²) in [4.78, 5) is 12.0. The molecular weight excluding hydrogens is 293 g/mol. The van der Waals surface area contributed by atoms with Crippen molar-refractivity contribution in [3.05, 3.63) is 58.9 Å². The molecule has 0 radical (unpaired) electrons. The summed E-state index contributed by atoms with van der Waals surface area (Å²) in [5, 5.41) is 2.63. The first-order chi connectivity index (χ1) is 10.9. The van der Waals surface area contributed by atoms with Crippen LogP contribution in [0.1, 0.15) is 36.5 Å². The second-order valence-corrected chi connectivity index (χ2v) is 5.98. The van der Waals surface area contributed by atoms with Crippen LogP contribution in [0.2, 0.25) is 0 Å². The van der Waals surface area contributed by atoms with Crippen LogP contribution in [-0.2, 0) is 4.79 Å². The van der Waals surface area contributed by atoms with Crippen LogP contribution in [0.4, 0.5) is 10.1 Å². The van der Waals surface area contributed by atoms with Crippen molar-refractivity contribution in [2.45, 2.75) is 33.6 Å². The number of carbonyl (C=O) groups excluding carboxylic acids is 1. The molecule has 0 fully saturated rings. The molecule has 0 saturated heterocycles. The number of amides is 1. The minimum absolute atomic E-state index is 0.113. The van der Waals surface area contributed by atoms with Crippen LogP contribution in [0, 0.1) is 19.7 Å². The molecule has 23 heavy (non-hydrogen) atoms. The molecule has 0 heterocycles. The molecular formula is C19H22FNO2. The highest BCUT2D eigenvalue weighted by Gasteiger charge is 2.09. The number of nitrogens with one attached hydrogen (secondary N) is 1. The van der Waals surface area contributed by atoms with Crippen molar-refractivity contribution in [2.75, 3.05) is 11.9 Å². The van der Waals surface area contributed by atoms with Gasteiger partial charge in [0.1, 0.15) is 11.6 Å². The lowest BCUT2D eigenvalue weighted by Gasteiger charge is -2.13. The van der Waals surface area contributed by atoms with Gasteiger partial charge in [-0.25, -0.2) is 4.39 Å². The van der Waals surface area contributed by atoms with Crippen LogP contribution < -0.4 is 10.1 Å². The molecule has 0 aromatic heterocycles. The van der Waals surface area contributed by atoms with Crippen molar-refractivity contribution >= 4 is 11.6 Å². The zero-order valence-corrected chi connectivity index (χ0v) is 13.9. The lowest BCUT2D eigenvalue weighted by molar-refractivity contribution is -0.118. The summed E-state index contributed by atoms with van der Waals surface area (Å²) in [5.74, 6) is 0.426. The summed E-state index contributed by atoms with van der Waals surface area (Å²) in [5.41, 5.74) is 3.10. The molecule has 122 valence electrons. The third kappa shape index (κ3) is 4.55. The highest BCUT2D eigenvalue weighted by atomic mass is 19.1. The normalized spacial score (nSPS) is 10.7. The van der Waals surface area contributed by atoms with Gasteiger partial charge in [-0.2, -0.15) is 0 Å². The second-order valence-electron chi connectivity index (χ2n) is 5.98. The topological polar surface area (TPSA) is 38.3 Å². The number of hydrogen-bond donors (Lipinski definition) is 1. The second kappa shape index (κ2) is 7.27. The number of anilines is 1. The van der Waals surface area contributed by atoms with Crippen molar-refractivity contribution in [1.82, 2.24) is 0 Å². The Morgan fingerprint density at radius 2 is 1.83 bits per heavy atom. The maximum absolute atomic E-state index is 13.5. The van der Waals surface area contributed by atoms with Crippen molar-refractivity contribution in [1.29, 1.82) is 0 Å². The lowest BCUT2D eigenvalue weighted by Crippen LogP contribution is -2.20. The minimum Gasteiger partial charge on any atom is -0.483 e. The van der Waals surface area contributed by atoms with Gasteiger partial charge < -0.3 is 10.1 Å². The fraction of sp³-hybridized carbons (Fsp3) is 0.316. The van der Waals surface area contributed by atoms with Gasteiger partial charge in [-0.3, -0.25) is 4.79 Å². The van der Waals surface area contributed by atoms with E-state index >= 15 is 0 Å². The zero-order valence-electron chi connectivity index (χ0n) is 13.9. The number of hydrogen-bond acceptors (Lipinski definition) is 2. The predicted molar refractivity (Wildman–Crippen MR) is 90.5 cm³/mol. The quantitative estimate of drug-likeness (QED) is 0.877. The van der Waals surface area contributed by atoms with E-state index in [9.17, 15) is 9.18 Å². The monoisotopic (exact) mass is 315 g/mol. The zero-order chi connectivity index (χ0) is 17.0. The largest absolute Gasteiger partial charge is 0.483 e. The number of ether oxygens (including phenoxy) is 1. The summed E-state index contributed by atoms with van der Waals surface area (Å²) < 4.78 is 19.1. The molecule has 0 atom stereocenters. The van der Waals surface area contributed by atoms with Crippen LogP contribution in [0.5, 0.6) is 5.75 Å². The number of rotatable bonds is 5. The van der Waals surface area contributed by atoms with E-state index in [2.05, 4.69) is 25.2 Å². The van der Waals surface area contributed by atoms with Gasteiger partial charge in [-0.1, -0.05) is 32.0 Å². The molecule has 0 aliphatic heterocycles. The van der Waals surface area contributed by atoms with Crippen LogP contribution in [-0.4, -0.2) is 12.5 Å².